The maximum Gasteiger partial charge on any atom is 0.324 e. The third-order valence-electron chi connectivity index (χ3n) is 3.91. The minimum Gasteiger partial charge on any atom is -0.454 e. The van der Waals surface area contributed by atoms with E-state index in [9.17, 15) is 22.8 Å². The molecular weight excluding hydrogens is 398 g/mol. The summed E-state index contributed by atoms with van der Waals surface area (Å²) < 4.78 is 32.1. The summed E-state index contributed by atoms with van der Waals surface area (Å²) in [4.78, 5) is 36.9. The zero-order chi connectivity index (χ0) is 22.4. The molecule has 0 aliphatic heterocycles. The number of ether oxygens (including phenoxy) is 1. The van der Waals surface area contributed by atoms with Gasteiger partial charge in [-0.25, -0.2) is 8.42 Å². The summed E-state index contributed by atoms with van der Waals surface area (Å²) in [6.07, 6.45) is 0. The van der Waals surface area contributed by atoms with Gasteiger partial charge in [0.05, 0.1) is 4.90 Å². The predicted octanol–water partition coefficient (Wildman–Crippen LogP) is 1.50. The summed E-state index contributed by atoms with van der Waals surface area (Å²) in [5.74, 6) is -1.49. The van der Waals surface area contributed by atoms with E-state index >= 15 is 0 Å². The lowest BCUT2D eigenvalue weighted by Crippen LogP contribution is -2.45. The van der Waals surface area contributed by atoms with Crippen LogP contribution in [-0.4, -0.2) is 55.8 Å². The molecular formula is C19H29N3O6S. The molecule has 0 spiro atoms. The standard InChI is InChI=1S/C19H29N3O6S/c1-12(2)22(13(3)4)18(24)11-28-19(25)14(5)21-29(26,27)17-9-7-16(8-10-17)20-15(6)23/h7-10,12-14,21H,11H2,1-6H3,(H,20,23)/t14-/m0/s1. The van der Waals surface area contributed by atoms with Crippen LogP contribution in [0.4, 0.5) is 5.69 Å². The molecule has 1 atom stereocenters. The van der Waals surface area contributed by atoms with Gasteiger partial charge in [-0.1, -0.05) is 0 Å². The van der Waals surface area contributed by atoms with Crippen LogP contribution in [0.2, 0.25) is 0 Å². The van der Waals surface area contributed by atoms with Crippen LogP contribution in [0.1, 0.15) is 41.5 Å². The van der Waals surface area contributed by atoms with Gasteiger partial charge in [0, 0.05) is 24.7 Å². The number of rotatable bonds is 9. The summed E-state index contributed by atoms with van der Waals surface area (Å²) >= 11 is 0. The molecule has 0 heterocycles. The van der Waals surface area contributed by atoms with E-state index in [0.29, 0.717) is 5.69 Å². The molecule has 10 heteroatoms. The van der Waals surface area contributed by atoms with Crippen molar-refractivity contribution in [3.05, 3.63) is 24.3 Å². The second-order valence-corrected chi connectivity index (χ2v) is 8.86. The number of anilines is 1. The first-order valence-corrected chi connectivity index (χ1v) is 10.7. The van der Waals surface area contributed by atoms with Crippen LogP contribution >= 0.6 is 0 Å². The maximum atomic E-state index is 12.4. The number of hydrogen-bond acceptors (Lipinski definition) is 6. The Morgan fingerprint density at radius 2 is 1.52 bits per heavy atom. The van der Waals surface area contributed by atoms with E-state index < -0.39 is 28.6 Å². The highest BCUT2D eigenvalue weighted by atomic mass is 32.2. The van der Waals surface area contributed by atoms with Crippen molar-refractivity contribution in [2.24, 2.45) is 0 Å². The first-order valence-electron chi connectivity index (χ1n) is 9.23. The Morgan fingerprint density at radius 1 is 1.00 bits per heavy atom. The van der Waals surface area contributed by atoms with Gasteiger partial charge in [0.25, 0.3) is 5.91 Å². The molecule has 0 fully saturated rings. The highest BCUT2D eigenvalue weighted by Crippen LogP contribution is 2.14. The second kappa shape index (κ2) is 10.4. The molecule has 1 aromatic carbocycles. The third-order valence-corrected chi connectivity index (χ3v) is 5.47. The van der Waals surface area contributed by atoms with Crippen LogP contribution in [0, 0.1) is 0 Å². The third kappa shape index (κ3) is 7.47. The summed E-state index contributed by atoms with van der Waals surface area (Å²) in [6, 6.07) is 4.18. The van der Waals surface area contributed by atoms with Gasteiger partial charge < -0.3 is 15.0 Å². The van der Waals surface area contributed by atoms with E-state index in [1.165, 1.54) is 38.1 Å². The Bertz CT molecular complexity index is 826. The molecule has 0 aromatic heterocycles. The molecule has 0 saturated carbocycles. The van der Waals surface area contributed by atoms with Gasteiger partial charge in [-0.3, -0.25) is 14.4 Å². The van der Waals surface area contributed by atoms with Crippen LogP contribution in [0.25, 0.3) is 0 Å². The molecule has 0 radical (unpaired) electrons. The highest BCUT2D eigenvalue weighted by molar-refractivity contribution is 7.89. The minimum absolute atomic E-state index is 0.0578. The van der Waals surface area contributed by atoms with Gasteiger partial charge in [-0.15, -0.1) is 0 Å². The normalized spacial score (nSPS) is 12.6. The van der Waals surface area contributed by atoms with Crippen molar-refractivity contribution in [2.75, 3.05) is 11.9 Å². The summed E-state index contributed by atoms with van der Waals surface area (Å²) in [6.45, 7) is 9.62. The number of hydrogen-bond donors (Lipinski definition) is 2. The van der Waals surface area contributed by atoms with Crippen LogP contribution in [-0.2, 0) is 29.1 Å². The number of carbonyl (C=O) groups is 3. The van der Waals surface area contributed by atoms with Gasteiger partial charge in [0.1, 0.15) is 6.04 Å². The summed E-state index contributed by atoms with van der Waals surface area (Å²) in [5, 5.41) is 2.53. The van der Waals surface area contributed by atoms with Crippen LogP contribution in [0.3, 0.4) is 0 Å². The van der Waals surface area contributed by atoms with Gasteiger partial charge in [-0.05, 0) is 58.9 Å². The zero-order valence-electron chi connectivity index (χ0n) is 17.6. The minimum atomic E-state index is -3.99. The highest BCUT2D eigenvalue weighted by Gasteiger charge is 2.26. The fourth-order valence-corrected chi connectivity index (χ4v) is 3.97. The summed E-state index contributed by atoms with van der Waals surface area (Å²) in [5.41, 5.74) is 0.447. The van der Waals surface area contributed by atoms with Crippen molar-refractivity contribution in [1.82, 2.24) is 9.62 Å². The molecule has 0 aliphatic carbocycles. The lowest BCUT2D eigenvalue weighted by molar-refractivity contribution is -0.154. The second-order valence-electron chi connectivity index (χ2n) is 7.14. The molecule has 0 unspecified atom stereocenters. The van der Waals surface area contributed by atoms with Gasteiger partial charge in [0.15, 0.2) is 6.61 Å². The number of esters is 1. The molecule has 29 heavy (non-hydrogen) atoms. The van der Waals surface area contributed by atoms with Crippen molar-refractivity contribution in [3.8, 4) is 0 Å². The lowest BCUT2D eigenvalue weighted by Gasteiger charge is -2.30. The zero-order valence-corrected chi connectivity index (χ0v) is 18.4. The average molecular weight is 428 g/mol. The van der Waals surface area contributed by atoms with Crippen molar-refractivity contribution < 1.29 is 27.5 Å². The monoisotopic (exact) mass is 427 g/mol. The Balaban J connectivity index is 2.71. The molecule has 0 aliphatic rings. The first-order chi connectivity index (χ1) is 13.3. The molecule has 0 saturated heterocycles. The number of carbonyl (C=O) groups excluding carboxylic acids is 3. The Labute approximate surface area is 171 Å². The lowest BCUT2D eigenvalue weighted by atomic mass is 10.2. The molecule has 9 nitrogen and oxygen atoms in total. The Kier molecular flexibility index (Phi) is 8.78. The van der Waals surface area contributed by atoms with E-state index in [1.54, 1.807) is 4.90 Å². The molecule has 162 valence electrons. The number of nitrogens with zero attached hydrogens (tertiary/aromatic N) is 1. The number of sulfonamides is 1. The topological polar surface area (TPSA) is 122 Å². The van der Waals surface area contributed by atoms with Crippen molar-refractivity contribution >= 4 is 33.5 Å². The average Bonchev–Trinajstić information content (AvgIpc) is 2.58. The van der Waals surface area contributed by atoms with E-state index in [2.05, 4.69) is 10.0 Å². The van der Waals surface area contributed by atoms with Crippen molar-refractivity contribution in [1.29, 1.82) is 0 Å². The Morgan fingerprint density at radius 3 is 1.97 bits per heavy atom. The predicted molar refractivity (Wildman–Crippen MR) is 109 cm³/mol. The van der Waals surface area contributed by atoms with Crippen LogP contribution < -0.4 is 10.0 Å². The number of benzene rings is 1. The van der Waals surface area contributed by atoms with Gasteiger partial charge in [0.2, 0.25) is 15.9 Å². The quantitative estimate of drug-likeness (QED) is 0.576. The summed E-state index contributed by atoms with van der Waals surface area (Å²) in [7, 11) is -3.99. The molecule has 1 rings (SSSR count). The van der Waals surface area contributed by atoms with E-state index in [-0.39, 0.29) is 28.8 Å². The van der Waals surface area contributed by atoms with Crippen molar-refractivity contribution in [2.45, 2.75) is 64.6 Å². The molecule has 2 amide bonds. The number of amides is 2. The van der Waals surface area contributed by atoms with E-state index in [4.69, 9.17) is 4.74 Å². The maximum absolute atomic E-state index is 12.4. The SMILES string of the molecule is CC(=O)Nc1ccc(S(=O)(=O)N[C@@H](C)C(=O)OCC(=O)N(C(C)C)C(C)C)cc1. The molecule has 0 bridgehead atoms. The van der Waals surface area contributed by atoms with Crippen LogP contribution in [0.15, 0.2) is 29.2 Å². The smallest absolute Gasteiger partial charge is 0.324 e. The van der Waals surface area contributed by atoms with E-state index in [1.807, 2.05) is 27.7 Å². The van der Waals surface area contributed by atoms with E-state index in [0.717, 1.165) is 0 Å². The van der Waals surface area contributed by atoms with Gasteiger partial charge in [-0.2, -0.15) is 4.72 Å². The number of nitrogens with one attached hydrogen (secondary N) is 2. The molecule has 2 N–H and O–H groups in total. The fourth-order valence-electron chi connectivity index (χ4n) is 2.77. The van der Waals surface area contributed by atoms with Crippen molar-refractivity contribution in [3.63, 3.8) is 0 Å². The largest absolute Gasteiger partial charge is 0.454 e. The molecule has 1 aromatic rings. The first kappa shape index (κ1) is 24.6. The van der Waals surface area contributed by atoms with Crippen LogP contribution in [0.5, 0.6) is 0 Å². The Hall–Kier alpha value is -2.46. The van der Waals surface area contributed by atoms with Gasteiger partial charge >= 0.3 is 5.97 Å². The fraction of sp³-hybridized carbons (Fsp3) is 0.526.